The number of carbonyl (C=O) groups is 2. The Morgan fingerprint density at radius 2 is 2.13 bits per heavy atom. The van der Waals surface area contributed by atoms with E-state index in [0.29, 0.717) is 6.42 Å². The van der Waals surface area contributed by atoms with Crippen molar-refractivity contribution in [3.63, 3.8) is 0 Å². The highest BCUT2D eigenvalue weighted by Gasteiger charge is 2.28. The van der Waals surface area contributed by atoms with E-state index >= 15 is 0 Å². The van der Waals surface area contributed by atoms with Crippen LogP contribution >= 0.6 is 0 Å². The lowest BCUT2D eigenvalue weighted by molar-refractivity contribution is -0.143. The maximum absolute atomic E-state index is 11.5. The Bertz CT molecular complexity index is 236. The van der Waals surface area contributed by atoms with Crippen molar-refractivity contribution < 1.29 is 14.7 Å². The average Bonchev–Trinajstić information content (AvgIpc) is 2.08. The Hall–Kier alpha value is -1.06. The van der Waals surface area contributed by atoms with Crippen molar-refractivity contribution in [1.29, 1.82) is 0 Å². The van der Waals surface area contributed by atoms with Crippen molar-refractivity contribution in [3.8, 4) is 0 Å². The zero-order valence-electron chi connectivity index (χ0n) is 9.16. The van der Waals surface area contributed by atoms with Gasteiger partial charge in [0, 0.05) is 5.92 Å². The Morgan fingerprint density at radius 3 is 2.53 bits per heavy atom. The van der Waals surface area contributed by atoms with Gasteiger partial charge in [0.25, 0.3) is 0 Å². The Kier molecular flexibility index (Phi) is 4.59. The van der Waals surface area contributed by atoms with Crippen LogP contribution in [0.15, 0.2) is 0 Å². The van der Waals surface area contributed by atoms with Crippen molar-refractivity contribution in [1.82, 2.24) is 5.32 Å². The first-order valence-electron chi connectivity index (χ1n) is 5.68. The molecule has 4 heteroatoms. The molecule has 1 aliphatic carbocycles. The first kappa shape index (κ1) is 12.0. The van der Waals surface area contributed by atoms with Crippen molar-refractivity contribution in [2.24, 2.45) is 5.92 Å². The van der Waals surface area contributed by atoms with Gasteiger partial charge in [-0.2, -0.15) is 0 Å². The molecule has 1 amide bonds. The molecule has 86 valence electrons. The summed E-state index contributed by atoms with van der Waals surface area (Å²) in [5.74, 6) is -0.936. The first-order valence-corrected chi connectivity index (χ1v) is 5.68. The molecule has 0 saturated heterocycles. The largest absolute Gasteiger partial charge is 0.480 e. The van der Waals surface area contributed by atoms with Crippen LogP contribution in [0, 0.1) is 5.92 Å². The van der Waals surface area contributed by atoms with Gasteiger partial charge in [-0.15, -0.1) is 0 Å². The fourth-order valence-electron chi connectivity index (χ4n) is 1.63. The molecule has 2 N–H and O–H groups in total. The predicted molar refractivity (Wildman–Crippen MR) is 56.4 cm³/mol. The molecule has 15 heavy (non-hydrogen) atoms. The predicted octanol–water partition coefficient (Wildman–Crippen LogP) is 1.55. The summed E-state index contributed by atoms with van der Waals surface area (Å²) < 4.78 is 0. The number of unbranched alkanes of at least 4 members (excludes halogenated alkanes) is 1. The van der Waals surface area contributed by atoms with Gasteiger partial charge in [-0.3, -0.25) is 4.79 Å². The molecular formula is C11H19NO3. The standard InChI is InChI=1S/C11H19NO3/c1-2-3-7-9(11(14)15)12-10(13)8-5-4-6-8/h8-9H,2-7H2,1H3,(H,12,13)(H,14,15). The third-order valence-electron chi connectivity index (χ3n) is 2.94. The molecule has 1 atom stereocenters. The van der Waals surface area contributed by atoms with Crippen LogP contribution in [0.5, 0.6) is 0 Å². The van der Waals surface area contributed by atoms with E-state index in [1.54, 1.807) is 0 Å². The molecular weight excluding hydrogens is 194 g/mol. The minimum absolute atomic E-state index is 0.0634. The van der Waals surface area contributed by atoms with Crippen LogP contribution in [-0.4, -0.2) is 23.0 Å². The van der Waals surface area contributed by atoms with E-state index < -0.39 is 12.0 Å². The van der Waals surface area contributed by atoms with Crippen LogP contribution in [0.1, 0.15) is 45.4 Å². The Labute approximate surface area is 90.0 Å². The molecule has 0 heterocycles. The molecule has 0 aromatic heterocycles. The zero-order valence-corrected chi connectivity index (χ0v) is 9.16. The second-order valence-electron chi connectivity index (χ2n) is 4.17. The minimum Gasteiger partial charge on any atom is -0.480 e. The summed E-state index contributed by atoms with van der Waals surface area (Å²) in [4.78, 5) is 22.4. The van der Waals surface area contributed by atoms with E-state index in [4.69, 9.17) is 5.11 Å². The average molecular weight is 213 g/mol. The van der Waals surface area contributed by atoms with Gasteiger partial charge in [0.2, 0.25) is 5.91 Å². The summed E-state index contributed by atoms with van der Waals surface area (Å²) in [6.07, 6.45) is 5.22. The minimum atomic E-state index is -0.920. The van der Waals surface area contributed by atoms with Crippen LogP contribution in [0.3, 0.4) is 0 Å². The van der Waals surface area contributed by atoms with E-state index in [1.807, 2.05) is 6.92 Å². The lowest BCUT2D eigenvalue weighted by atomic mass is 9.84. The number of amides is 1. The summed E-state index contributed by atoms with van der Waals surface area (Å²) in [7, 11) is 0. The smallest absolute Gasteiger partial charge is 0.326 e. The zero-order chi connectivity index (χ0) is 11.3. The molecule has 1 saturated carbocycles. The number of hydrogen-bond donors (Lipinski definition) is 2. The Morgan fingerprint density at radius 1 is 1.47 bits per heavy atom. The highest BCUT2D eigenvalue weighted by atomic mass is 16.4. The van der Waals surface area contributed by atoms with Crippen LogP contribution in [0.4, 0.5) is 0 Å². The van der Waals surface area contributed by atoms with E-state index in [1.165, 1.54) is 0 Å². The number of carboxylic acids is 1. The Balaban J connectivity index is 2.35. The lowest BCUT2D eigenvalue weighted by Crippen LogP contribution is -2.45. The van der Waals surface area contributed by atoms with Crippen LogP contribution < -0.4 is 5.32 Å². The van der Waals surface area contributed by atoms with Gasteiger partial charge in [0.1, 0.15) is 6.04 Å². The highest BCUT2D eigenvalue weighted by molar-refractivity contribution is 5.85. The summed E-state index contributed by atoms with van der Waals surface area (Å²) in [5, 5.41) is 11.5. The van der Waals surface area contributed by atoms with Crippen molar-refractivity contribution >= 4 is 11.9 Å². The van der Waals surface area contributed by atoms with E-state index in [9.17, 15) is 9.59 Å². The van der Waals surface area contributed by atoms with Crippen molar-refractivity contribution in [2.45, 2.75) is 51.5 Å². The van der Waals surface area contributed by atoms with Gasteiger partial charge in [-0.05, 0) is 19.3 Å². The fraction of sp³-hybridized carbons (Fsp3) is 0.818. The number of aliphatic carboxylic acids is 1. The van der Waals surface area contributed by atoms with Gasteiger partial charge < -0.3 is 10.4 Å². The van der Waals surface area contributed by atoms with Gasteiger partial charge >= 0.3 is 5.97 Å². The first-order chi connectivity index (χ1) is 7.15. The molecule has 4 nitrogen and oxygen atoms in total. The van der Waals surface area contributed by atoms with Gasteiger partial charge in [0.15, 0.2) is 0 Å². The monoisotopic (exact) mass is 213 g/mol. The molecule has 1 rings (SSSR count). The molecule has 0 aliphatic heterocycles. The van der Waals surface area contributed by atoms with Crippen molar-refractivity contribution in [2.75, 3.05) is 0 Å². The lowest BCUT2D eigenvalue weighted by Gasteiger charge is -2.26. The maximum Gasteiger partial charge on any atom is 0.326 e. The molecule has 1 unspecified atom stereocenters. The number of hydrogen-bond acceptors (Lipinski definition) is 2. The highest BCUT2D eigenvalue weighted by Crippen LogP contribution is 2.26. The van der Waals surface area contributed by atoms with Crippen LogP contribution in [-0.2, 0) is 9.59 Å². The third kappa shape index (κ3) is 3.53. The second-order valence-corrected chi connectivity index (χ2v) is 4.17. The second kappa shape index (κ2) is 5.73. The van der Waals surface area contributed by atoms with E-state index in [0.717, 1.165) is 32.1 Å². The SMILES string of the molecule is CCCCC(NC(=O)C1CCC1)C(=O)O. The quantitative estimate of drug-likeness (QED) is 0.703. The summed E-state index contributed by atoms with van der Waals surface area (Å²) >= 11 is 0. The topological polar surface area (TPSA) is 66.4 Å². The van der Waals surface area contributed by atoms with Crippen LogP contribution in [0.25, 0.3) is 0 Å². The molecule has 0 aromatic carbocycles. The molecule has 0 aromatic rings. The summed E-state index contributed by atoms with van der Waals surface area (Å²) in [6.45, 7) is 2.01. The van der Waals surface area contributed by atoms with E-state index in [-0.39, 0.29) is 11.8 Å². The molecule has 0 spiro atoms. The normalized spacial score (nSPS) is 17.9. The van der Waals surface area contributed by atoms with Crippen molar-refractivity contribution in [3.05, 3.63) is 0 Å². The molecule has 1 fully saturated rings. The summed E-state index contributed by atoms with van der Waals surface area (Å²) in [6, 6.07) is -0.696. The maximum atomic E-state index is 11.5. The third-order valence-corrected chi connectivity index (χ3v) is 2.94. The molecule has 1 aliphatic rings. The number of carboxylic acid groups (broad SMARTS) is 1. The number of nitrogens with one attached hydrogen (secondary N) is 1. The van der Waals surface area contributed by atoms with Gasteiger partial charge in [-0.1, -0.05) is 26.2 Å². The van der Waals surface area contributed by atoms with Gasteiger partial charge in [0.05, 0.1) is 0 Å². The fourth-order valence-corrected chi connectivity index (χ4v) is 1.63. The van der Waals surface area contributed by atoms with Crippen LogP contribution in [0.2, 0.25) is 0 Å². The van der Waals surface area contributed by atoms with Gasteiger partial charge in [-0.25, -0.2) is 4.79 Å². The molecule has 0 radical (unpaired) electrons. The summed E-state index contributed by atoms with van der Waals surface area (Å²) in [5.41, 5.74) is 0. The van der Waals surface area contributed by atoms with E-state index in [2.05, 4.69) is 5.32 Å². The molecule has 0 bridgehead atoms. The number of rotatable bonds is 6. The number of carbonyl (C=O) groups excluding carboxylic acids is 1.